The minimum Gasteiger partial charge on any atom is -0.357 e. The summed E-state index contributed by atoms with van der Waals surface area (Å²) in [6.07, 6.45) is 1.60. The van der Waals surface area contributed by atoms with Crippen LogP contribution in [0.2, 0.25) is 0 Å². The van der Waals surface area contributed by atoms with Crippen LogP contribution in [0.25, 0.3) is 0 Å². The summed E-state index contributed by atoms with van der Waals surface area (Å²) in [6.45, 7) is 0. The van der Waals surface area contributed by atoms with E-state index in [2.05, 4.69) is 36.5 Å². The van der Waals surface area contributed by atoms with Crippen LogP contribution in [0.15, 0.2) is 34.9 Å². The van der Waals surface area contributed by atoms with E-state index in [-0.39, 0.29) is 5.82 Å². The zero-order valence-electron chi connectivity index (χ0n) is 9.04. The van der Waals surface area contributed by atoms with Crippen molar-refractivity contribution < 1.29 is 4.39 Å². The maximum atomic E-state index is 13.6. The maximum Gasteiger partial charge on any atom is 0.224 e. The molecule has 2 rings (SSSR count). The molecule has 17 heavy (non-hydrogen) atoms. The zero-order chi connectivity index (χ0) is 12.3. The molecule has 0 aliphatic heterocycles. The van der Waals surface area contributed by atoms with Gasteiger partial charge in [0.25, 0.3) is 0 Å². The van der Waals surface area contributed by atoms with E-state index in [0.29, 0.717) is 21.9 Å². The van der Waals surface area contributed by atoms with Gasteiger partial charge >= 0.3 is 0 Å². The second-order valence-corrected chi connectivity index (χ2v) is 4.18. The van der Waals surface area contributed by atoms with Crippen molar-refractivity contribution in [2.45, 2.75) is 0 Å². The van der Waals surface area contributed by atoms with Crippen LogP contribution in [0.4, 0.5) is 21.8 Å². The molecule has 2 N–H and O–H groups in total. The van der Waals surface area contributed by atoms with Crippen molar-refractivity contribution in [3.8, 4) is 0 Å². The highest BCUT2D eigenvalue weighted by atomic mass is 79.9. The molecule has 1 aromatic carbocycles. The van der Waals surface area contributed by atoms with Crippen LogP contribution in [0, 0.1) is 5.82 Å². The van der Waals surface area contributed by atoms with E-state index >= 15 is 0 Å². The van der Waals surface area contributed by atoms with Crippen LogP contribution in [0.1, 0.15) is 0 Å². The molecule has 1 heterocycles. The quantitative estimate of drug-likeness (QED) is 0.913. The molecule has 2 aromatic rings. The molecule has 0 saturated heterocycles. The van der Waals surface area contributed by atoms with Crippen molar-refractivity contribution in [3.63, 3.8) is 0 Å². The minimum absolute atomic E-state index is 0.344. The normalized spacial score (nSPS) is 10.1. The highest BCUT2D eigenvalue weighted by Gasteiger charge is 2.04. The lowest BCUT2D eigenvalue weighted by atomic mass is 10.3. The monoisotopic (exact) mass is 296 g/mol. The van der Waals surface area contributed by atoms with Gasteiger partial charge in [0, 0.05) is 17.7 Å². The fraction of sp³-hybridized carbons (Fsp3) is 0.0909. The van der Waals surface area contributed by atoms with Gasteiger partial charge in [-0.3, -0.25) is 0 Å². The summed E-state index contributed by atoms with van der Waals surface area (Å²) in [4.78, 5) is 8.11. The summed E-state index contributed by atoms with van der Waals surface area (Å²) >= 11 is 3.20. The first kappa shape index (κ1) is 11.8. The summed E-state index contributed by atoms with van der Waals surface area (Å²) in [5.41, 5.74) is 0.369. The summed E-state index contributed by atoms with van der Waals surface area (Å²) in [7, 11) is 1.72. The molecule has 6 heteroatoms. The third-order valence-electron chi connectivity index (χ3n) is 2.07. The van der Waals surface area contributed by atoms with E-state index < -0.39 is 0 Å². The fourth-order valence-electron chi connectivity index (χ4n) is 1.28. The number of nitrogens with zero attached hydrogens (tertiary/aromatic N) is 2. The molecule has 88 valence electrons. The lowest BCUT2D eigenvalue weighted by molar-refractivity contribution is 0.631. The Kier molecular flexibility index (Phi) is 3.53. The Balaban J connectivity index is 2.25. The van der Waals surface area contributed by atoms with Crippen LogP contribution in [0.5, 0.6) is 0 Å². The van der Waals surface area contributed by atoms with Gasteiger partial charge in [0.15, 0.2) is 0 Å². The Labute approximate surface area is 106 Å². The van der Waals surface area contributed by atoms with E-state index in [1.54, 1.807) is 31.4 Å². The first-order valence-corrected chi connectivity index (χ1v) is 5.71. The Hall–Kier alpha value is -1.69. The van der Waals surface area contributed by atoms with Gasteiger partial charge in [0.2, 0.25) is 5.95 Å². The molecule has 0 unspecified atom stereocenters. The average molecular weight is 297 g/mol. The van der Waals surface area contributed by atoms with Gasteiger partial charge < -0.3 is 10.6 Å². The molecule has 0 saturated carbocycles. The zero-order valence-corrected chi connectivity index (χ0v) is 10.6. The van der Waals surface area contributed by atoms with Crippen molar-refractivity contribution in [2.24, 2.45) is 0 Å². The highest BCUT2D eigenvalue weighted by Crippen LogP contribution is 2.22. The molecule has 0 amide bonds. The number of nitrogens with one attached hydrogen (secondary N) is 2. The maximum absolute atomic E-state index is 13.6. The van der Waals surface area contributed by atoms with Gasteiger partial charge in [0.05, 0.1) is 5.69 Å². The minimum atomic E-state index is -0.344. The molecule has 0 aliphatic carbocycles. The SMILES string of the molecule is CNc1nccc(Nc2ccc(Br)cc2F)n1. The van der Waals surface area contributed by atoms with Gasteiger partial charge in [-0.15, -0.1) is 0 Å². The Morgan fingerprint density at radius 3 is 2.82 bits per heavy atom. The molecule has 0 aliphatic rings. The predicted octanol–water partition coefficient (Wildman–Crippen LogP) is 3.16. The van der Waals surface area contributed by atoms with Crippen molar-refractivity contribution in [3.05, 3.63) is 40.8 Å². The van der Waals surface area contributed by atoms with Crippen LogP contribution in [0.3, 0.4) is 0 Å². The van der Waals surface area contributed by atoms with Gasteiger partial charge in [-0.1, -0.05) is 15.9 Å². The van der Waals surface area contributed by atoms with E-state index in [0.717, 1.165) is 0 Å². The number of hydrogen-bond donors (Lipinski definition) is 2. The van der Waals surface area contributed by atoms with Gasteiger partial charge in [-0.25, -0.2) is 9.37 Å². The largest absolute Gasteiger partial charge is 0.357 e. The summed E-state index contributed by atoms with van der Waals surface area (Å²) in [5.74, 6) is 0.669. The highest BCUT2D eigenvalue weighted by molar-refractivity contribution is 9.10. The second kappa shape index (κ2) is 5.09. The van der Waals surface area contributed by atoms with Crippen molar-refractivity contribution in [1.29, 1.82) is 0 Å². The number of hydrogen-bond acceptors (Lipinski definition) is 4. The predicted molar refractivity (Wildman–Crippen MR) is 69.0 cm³/mol. The Morgan fingerprint density at radius 1 is 1.29 bits per heavy atom. The molecule has 0 radical (unpaired) electrons. The van der Waals surface area contributed by atoms with Crippen LogP contribution in [-0.2, 0) is 0 Å². The van der Waals surface area contributed by atoms with Gasteiger partial charge in [0.1, 0.15) is 11.6 Å². The van der Waals surface area contributed by atoms with Crippen LogP contribution < -0.4 is 10.6 Å². The second-order valence-electron chi connectivity index (χ2n) is 3.26. The molecule has 0 fully saturated rings. The number of aromatic nitrogens is 2. The third kappa shape index (κ3) is 2.91. The van der Waals surface area contributed by atoms with Gasteiger partial charge in [-0.2, -0.15) is 4.98 Å². The number of halogens is 2. The number of benzene rings is 1. The molecule has 0 atom stereocenters. The van der Waals surface area contributed by atoms with E-state index in [1.165, 1.54) is 6.07 Å². The van der Waals surface area contributed by atoms with E-state index in [4.69, 9.17) is 0 Å². The van der Waals surface area contributed by atoms with Crippen molar-refractivity contribution in [1.82, 2.24) is 9.97 Å². The molecular weight excluding hydrogens is 287 g/mol. The third-order valence-corrected chi connectivity index (χ3v) is 2.57. The summed E-state index contributed by atoms with van der Waals surface area (Å²) in [5, 5.41) is 5.70. The lowest BCUT2D eigenvalue weighted by Gasteiger charge is -2.07. The van der Waals surface area contributed by atoms with Crippen LogP contribution in [-0.4, -0.2) is 17.0 Å². The average Bonchev–Trinajstić information content (AvgIpc) is 2.33. The van der Waals surface area contributed by atoms with E-state index in [1.807, 2.05) is 0 Å². The summed E-state index contributed by atoms with van der Waals surface area (Å²) < 4.78 is 14.3. The molecule has 4 nitrogen and oxygen atoms in total. The number of anilines is 3. The lowest BCUT2D eigenvalue weighted by Crippen LogP contribution is -2.00. The molecule has 0 spiro atoms. The van der Waals surface area contributed by atoms with Crippen molar-refractivity contribution >= 4 is 33.4 Å². The first-order chi connectivity index (χ1) is 8.19. The summed E-state index contributed by atoms with van der Waals surface area (Å²) in [6, 6.07) is 6.46. The van der Waals surface area contributed by atoms with Crippen molar-refractivity contribution in [2.75, 3.05) is 17.7 Å². The topological polar surface area (TPSA) is 49.8 Å². The molecule has 1 aromatic heterocycles. The standard InChI is InChI=1S/C11H10BrFN4/c1-14-11-15-5-4-10(17-11)16-9-3-2-7(12)6-8(9)13/h2-6H,1H3,(H2,14,15,16,17). The van der Waals surface area contributed by atoms with E-state index in [9.17, 15) is 4.39 Å². The van der Waals surface area contributed by atoms with Gasteiger partial charge in [-0.05, 0) is 24.3 Å². The molecular formula is C11H10BrFN4. The smallest absolute Gasteiger partial charge is 0.224 e. The fourth-order valence-corrected chi connectivity index (χ4v) is 1.61. The Morgan fingerprint density at radius 2 is 2.12 bits per heavy atom. The first-order valence-electron chi connectivity index (χ1n) is 4.92. The number of rotatable bonds is 3. The van der Waals surface area contributed by atoms with Crippen LogP contribution >= 0.6 is 15.9 Å². The molecule has 0 bridgehead atoms. The Bertz CT molecular complexity index is 533.